The average molecular weight is 619 g/mol. The summed E-state index contributed by atoms with van der Waals surface area (Å²) in [5.41, 5.74) is 0.436. The molecule has 4 aromatic rings. The number of carbonyl (C=O) groups excluding carboxylic acids is 2. The van der Waals surface area contributed by atoms with Gasteiger partial charge in [0.1, 0.15) is 4.60 Å². The number of rotatable bonds is 7. The fraction of sp³-hybridized carbons (Fsp3) is 0.207. The molecule has 1 aromatic heterocycles. The van der Waals surface area contributed by atoms with E-state index >= 15 is 0 Å². The number of aromatic nitrogens is 2. The summed E-state index contributed by atoms with van der Waals surface area (Å²) in [6.45, 7) is 4.46. The number of aryl methyl sites for hydroxylation is 2. The molecule has 1 amide bonds. The Labute approximate surface area is 237 Å². The number of ketones is 1. The van der Waals surface area contributed by atoms with Gasteiger partial charge in [0.05, 0.1) is 10.6 Å². The van der Waals surface area contributed by atoms with Crippen molar-refractivity contribution >= 4 is 44.9 Å². The van der Waals surface area contributed by atoms with Crippen LogP contribution in [0.15, 0.2) is 77.5 Å². The largest absolute Gasteiger partial charge is 0.417 e. The van der Waals surface area contributed by atoms with Crippen molar-refractivity contribution in [1.82, 2.24) is 9.78 Å². The molecule has 1 heterocycles. The van der Waals surface area contributed by atoms with E-state index in [2.05, 4.69) is 26.3 Å². The summed E-state index contributed by atoms with van der Waals surface area (Å²) in [4.78, 5) is 25.8. The fourth-order valence-electron chi connectivity index (χ4n) is 4.41. The minimum absolute atomic E-state index is 0.0149. The lowest BCUT2D eigenvalue weighted by molar-refractivity contribution is -0.197. The van der Waals surface area contributed by atoms with Crippen LogP contribution < -0.4 is 5.32 Å². The minimum Gasteiger partial charge on any atom is -0.322 e. The number of hydrogen-bond acceptors (Lipinski definition) is 3. The topological polar surface area (TPSA) is 64.0 Å². The normalized spacial score (nSPS) is 13.1. The first-order chi connectivity index (χ1) is 18.3. The van der Waals surface area contributed by atoms with Crippen LogP contribution in [0.1, 0.15) is 49.9 Å². The van der Waals surface area contributed by atoms with Crippen molar-refractivity contribution in [3.8, 4) is 0 Å². The fourth-order valence-corrected chi connectivity index (χ4v) is 4.92. The average Bonchev–Trinajstić information content (AvgIpc) is 3.31. The zero-order valence-electron chi connectivity index (χ0n) is 21.2. The maximum absolute atomic E-state index is 14.4. The Balaban J connectivity index is 1.60. The lowest BCUT2D eigenvalue weighted by Gasteiger charge is -2.34. The number of nitrogens with one attached hydrogen (secondary N) is 1. The Morgan fingerprint density at radius 1 is 1.00 bits per heavy atom. The molecule has 1 unspecified atom stereocenters. The molecular weight excluding hydrogens is 595 g/mol. The Morgan fingerprint density at radius 2 is 1.67 bits per heavy atom. The van der Waals surface area contributed by atoms with Gasteiger partial charge in [0.2, 0.25) is 0 Å². The van der Waals surface area contributed by atoms with Crippen LogP contribution in [-0.2, 0) is 12.0 Å². The molecule has 0 aliphatic carbocycles. The third kappa shape index (κ3) is 5.79. The zero-order chi connectivity index (χ0) is 28.5. The van der Waals surface area contributed by atoms with Crippen molar-refractivity contribution in [3.05, 3.63) is 116 Å². The van der Waals surface area contributed by atoms with Crippen LogP contribution in [0.3, 0.4) is 0 Å². The van der Waals surface area contributed by atoms with Gasteiger partial charge in [-0.05, 0) is 89.3 Å². The van der Waals surface area contributed by atoms with Crippen LogP contribution >= 0.6 is 27.5 Å². The summed E-state index contributed by atoms with van der Waals surface area (Å²) in [6, 6.07) is 17.5. The lowest BCUT2D eigenvalue weighted by atomic mass is 9.85. The zero-order valence-corrected chi connectivity index (χ0v) is 23.6. The van der Waals surface area contributed by atoms with E-state index in [0.717, 1.165) is 11.6 Å². The number of Topliss-reactive ketones (excluding diaryl/α,β-unsaturated/α-hetero) is 1. The van der Waals surface area contributed by atoms with Crippen molar-refractivity contribution in [2.24, 2.45) is 0 Å². The molecule has 0 fully saturated rings. The van der Waals surface area contributed by atoms with Gasteiger partial charge < -0.3 is 5.32 Å². The summed E-state index contributed by atoms with van der Waals surface area (Å²) in [6.07, 6.45) is -3.38. The van der Waals surface area contributed by atoms with Gasteiger partial charge in [-0.3, -0.25) is 14.3 Å². The SMILES string of the molecule is Cc1cc(C(C)(n2ccc(Br)n2)C(F)(F)F)cc(C)c1CC(=O)c1cccc(NC(=O)c2ccccc2Cl)c1. The molecule has 5 nitrogen and oxygen atoms in total. The standard InChI is InChI=1S/C29H24BrClF3N3O2/c1-17-13-20(28(3,29(32,33)34)37-12-11-26(30)36-37)14-18(2)23(17)16-25(38)19-7-6-8-21(15-19)35-27(39)22-9-4-5-10-24(22)31/h4-15H,16H2,1-3H3,(H,35,39). The van der Waals surface area contributed by atoms with E-state index in [-0.39, 0.29) is 17.8 Å². The van der Waals surface area contributed by atoms with Gasteiger partial charge in [-0.1, -0.05) is 48.0 Å². The van der Waals surface area contributed by atoms with Crippen molar-refractivity contribution in [3.63, 3.8) is 0 Å². The quantitative estimate of drug-likeness (QED) is 0.214. The van der Waals surface area contributed by atoms with Crippen LogP contribution in [0, 0.1) is 13.8 Å². The maximum atomic E-state index is 14.4. The summed E-state index contributed by atoms with van der Waals surface area (Å²) in [5, 5.41) is 7.02. The summed E-state index contributed by atoms with van der Waals surface area (Å²) in [7, 11) is 0. The number of carbonyl (C=O) groups is 2. The number of hydrogen-bond donors (Lipinski definition) is 1. The van der Waals surface area contributed by atoms with Gasteiger partial charge in [-0.15, -0.1) is 0 Å². The van der Waals surface area contributed by atoms with E-state index in [1.165, 1.54) is 24.4 Å². The second-order valence-corrected chi connectivity index (χ2v) is 10.6. The van der Waals surface area contributed by atoms with E-state index in [9.17, 15) is 22.8 Å². The Bertz CT molecular complexity index is 1540. The Morgan fingerprint density at radius 3 is 2.26 bits per heavy atom. The van der Waals surface area contributed by atoms with Crippen molar-refractivity contribution in [2.75, 3.05) is 5.32 Å². The second kappa shape index (κ2) is 11.0. The first-order valence-corrected chi connectivity index (χ1v) is 13.1. The van der Waals surface area contributed by atoms with Gasteiger partial charge in [0.25, 0.3) is 5.91 Å². The highest BCUT2D eigenvalue weighted by Crippen LogP contribution is 2.43. The van der Waals surface area contributed by atoms with Gasteiger partial charge in [-0.2, -0.15) is 18.3 Å². The number of benzene rings is 3. The summed E-state index contributed by atoms with van der Waals surface area (Å²) >= 11 is 9.22. The molecule has 202 valence electrons. The molecule has 3 aromatic carbocycles. The molecule has 1 N–H and O–H groups in total. The predicted molar refractivity (Wildman–Crippen MR) is 149 cm³/mol. The minimum atomic E-state index is -4.64. The summed E-state index contributed by atoms with van der Waals surface area (Å²) in [5.74, 6) is -0.651. The van der Waals surface area contributed by atoms with Crippen LogP contribution in [0.2, 0.25) is 5.02 Å². The van der Waals surface area contributed by atoms with Gasteiger partial charge >= 0.3 is 6.18 Å². The van der Waals surface area contributed by atoms with Crippen molar-refractivity contribution in [1.29, 1.82) is 0 Å². The highest BCUT2D eigenvalue weighted by Gasteiger charge is 2.55. The molecule has 0 saturated carbocycles. The molecule has 0 radical (unpaired) electrons. The predicted octanol–water partition coefficient (Wildman–Crippen LogP) is 7.92. The van der Waals surface area contributed by atoms with Crippen LogP contribution in [0.5, 0.6) is 0 Å². The number of amides is 1. The Hall–Kier alpha value is -3.43. The molecule has 0 saturated heterocycles. The third-order valence-electron chi connectivity index (χ3n) is 6.72. The molecule has 39 heavy (non-hydrogen) atoms. The smallest absolute Gasteiger partial charge is 0.322 e. The molecule has 0 bridgehead atoms. The molecular formula is C29H24BrClF3N3O2. The molecule has 0 aliphatic rings. The highest BCUT2D eigenvalue weighted by atomic mass is 79.9. The molecule has 0 spiro atoms. The maximum Gasteiger partial charge on any atom is 0.417 e. The first-order valence-electron chi connectivity index (χ1n) is 11.9. The Kier molecular flexibility index (Phi) is 8.04. The first kappa shape index (κ1) is 28.6. The van der Waals surface area contributed by atoms with Gasteiger partial charge in [0.15, 0.2) is 11.3 Å². The third-order valence-corrected chi connectivity index (χ3v) is 7.48. The number of nitrogens with zero attached hydrogens (tertiary/aromatic N) is 2. The monoisotopic (exact) mass is 617 g/mol. The second-order valence-electron chi connectivity index (χ2n) is 9.36. The molecule has 10 heteroatoms. The molecule has 1 atom stereocenters. The van der Waals surface area contributed by atoms with Gasteiger partial charge in [-0.25, -0.2) is 0 Å². The number of alkyl halides is 3. The van der Waals surface area contributed by atoms with E-state index < -0.39 is 17.6 Å². The van der Waals surface area contributed by atoms with Crippen LogP contribution in [0.25, 0.3) is 0 Å². The highest BCUT2D eigenvalue weighted by molar-refractivity contribution is 9.10. The molecule has 4 rings (SSSR count). The lowest BCUT2D eigenvalue weighted by Crippen LogP contribution is -2.46. The van der Waals surface area contributed by atoms with Crippen LogP contribution in [-0.4, -0.2) is 27.6 Å². The van der Waals surface area contributed by atoms with Gasteiger partial charge in [0, 0.05) is 23.9 Å². The van der Waals surface area contributed by atoms with E-state index in [4.69, 9.17) is 11.6 Å². The van der Waals surface area contributed by atoms with E-state index in [1.54, 1.807) is 62.4 Å². The van der Waals surface area contributed by atoms with Crippen LogP contribution in [0.4, 0.5) is 18.9 Å². The number of anilines is 1. The van der Waals surface area contributed by atoms with E-state index in [1.807, 2.05) is 0 Å². The molecule has 0 aliphatic heterocycles. The number of halogens is 5. The van der Waals surface area contributed by atoms with Crippen molar-refractivity contribution in [2.45, 2.75) is 38.9 Å². The van der Waals surface area contributed by atoms with Crippen molar-refractivity contribution < 1.29 is 22.8 Å². The van der Waals surface area contributed by atoms with E-state index in [0.29, 0.717) is 43.1 Å². The summed E-state index contributed by atoms with van der Waals surface area (Å²) < 4.78 is 44.3.